The number of ether oxygens (including phenoxy) is 3. The molecular formula is C30H32N2O6S. The summed E-state index contributed by atoms with van der Waals surface area (Å²) in [6.07, 6.45) is 1.54. The van der Waals surface area contributed by atoms with Gasteiger partial charge in [-0.3, -0.25) is 9.36 Å². The normalized spacial score (nSPS) is 11.8. The number of thiazole rings is 1. The largest absolute Gasteiger partial charge is 0.493 e. The van der Waals surface area contributed by atoms with Crippen LogP contribution in [0.4, 0.5) is 0 Å². The van der Waals surface area contributed by atoms with Gasteiger partial charge in [-0.2, -0.15) is 0 Å². The quantitative estimate of drug-likeness (QED) is 0.0984. The highest BCUT2D eigenvalue weighted by Gasteiger charge is 2.31. The predicted octanol–water partition coefficient (Wildman–Crippen LogP) is 5.65. The first kappa shape index (κ1) is 27.9. The van der Waals surface area contributed by atoms with Crippen molar-refractivity contribution in [3.8, 4) is 11.5 Å². The van der Waals surface area contributed by atoms with E-state index in [2.05, 4.69) is 5.16 Å². The first-order valence-electron chi connectivity index (χ1n) is 12.6. The fraction of sp³-hybridized carbons (Fsp3) is 0.300. The van der Waals surface area contributed by atoms with E-state index in [1.54, 1.807) is 26.0 Å². The molecule has 4 rings (SSSR count). The van der Waals surface area contributed by atoms with Crippen molar-refractivity contribution in [1.82, 2.24) is 4.57 Å². The highest BCUT2D eigenvalue weighted by atomic mass is 32.1. The number of aromatic nitrogens is 1. The van der Waals surface area contributed by atoms with Crippen molar-refractivity contribution in [2.24, 2.45) is 5.16 Å². The molecule has 9 heteroatoms. The first-order chi connectivity index (χ1) is 18.8. The highest BCUT2D eigenvalue weighted by molar-refractivity contribution is 7.16. The smallest absolute Gasteiger partial charge is 0.349 e. The molecule has 8 nitrogen and oxygen atoms in total. The zero-order chi connectivity index (χ0) is 27.8. The first-order valence-corrected chi connectivity index (χ1v) is 13.4. The van der Waals surface area contributed by atoms with Crippen molar-refractivity contribution in [2.75, 3.05) is 20.8 Å². The van der Waals surface area contributed by atoms with Gasteiger partial charge in [-0.05, 0) is 51.0 Å². The number of unbranched alkanes of at least 4 members (excludes halogenated alkanes) is 1. The summed E-state index contributed by atoms with van der Waals surface area (Å²) in [5, 5.41) is 4.22. The van der Waals surface area contributed by atoms with Gasteiger partial charge in [0, 0.05) is 23.7 Å². The van der Waals surface area contributed by atoms with Crippen molar-refractivity contribution >= 4 is 33.2 Å². The van der Waals surface area contributed by atoms with Gasteiger partial charge in [-0.1, -0.05) is 59.0 Å². The van der Waals surface area contributed by atoms with Gasteiger partial charge in [0.25, 0.3) is 0 Å². The van der Waals surface area contributed by atoms with Crippen LogP contribution in [0.15, 0.2) is 82.7 Å². The molecule has 0 fully saturated rings. The molecule has 0 aliphatic rings. The third kappa shape index (κ3) is 6.86. The lowest BCUT2D eigenvalue weighted by atomic mass is 10.0. The van der Waals surface area contributed by atoms with E-state index < -0.39 is 11.6 Å². The minimum atomic E-state index is -1.11. The molecule has 1 aromatic heterocycles. The molecule has 0 aliphatic carbocycles. The Labute approximate surface area is 231 Å². The summed E-state index contributed by atoms with van der Waals surface area (Å²) in [6.45, 7) is 4.38. The fourth-order valence-electron chi connectivity index (χ4n) is 4.16. The second kappa shape index (κ2) is 12.6. The SMILES string of the molecule is CO/N=C(\c1ccccc1)c1ccc2c(c1)sc(=O)n2CCCCOc1cccc(OC(C)(C)C(=O)OC)c1. The summed E-state index contributed by atoms with van der Waals surface area (Å²) < 4.78 is 19.2. The fourth-order valence-corrected chi connectivity index (χ4v) is 5.11. The number of carbonyl (C=O) groups is 1. The zero-order valence-corrected chi connectivity index (χ0v) is 23.3. The number of oxime groups is 1. The third-order valence-corrected chi connectivity index (χ3v) is 7.01. The van der Waals surface area contributed by atoms with E-state index in [-0.39, 0.29) is 4.87 Å². The molecule has 0 saturated carbocycles. The van der Waals surface area contributed by atoms with Gasteiger partial charge in [0.2, 0.25) is 0 Å². The maximum Gasteiger partial charge on any atom is 0.349 e. The number of fused-ring (bicyclic) bond motifs is 1. The minimum absolute atomic E-state index is 0.00563. The van der Waals surface area contributed by atoms with Crippen LogP contribution in [0.1, 0.15) is 37.8 Å². The van der Waals surface area contributed by atoms with E-state index in [1.807, 2.05) is 65.2 Å². The molecule has 1 heterocycles. The summed E-state index contributed by atoms with van der Waals surface area (Å²) in [5.74, 6) is 0.705. The van der Waals surface area contributed by atoms with E-state index in [0.29, 0.717) is 30.4 Å². The number of nitrogens with zero attached hydrogens (tertiary/aromatic N) is 2. The lowest BCUT2D eigenvalue weighted by Gasteiger charge is -2.23. The Balaban J connectivity index is 1.36. The van der Waals surface area contributed by atoms with Crippen LogP contribution < -0.4 is 14.3 Å². The standard InChI is InChI=1S/C30H32N2O6S/c1-30(2,28(33)35-3)38-24-14-10-13-23(20-24)37-18-9-8-17-32-25-16-15-22(19-26(25)39-29(32)34)27(31-36-4)21-11-6-5-7-12-21/h5-7,10-16,19-20H,8-9,17-18H2,1-4H3/b31-27+. The molecule has 0 spiro atoms. The maximum absolute atomic E-state index is 12.8. The minimum Gasteiger partial charge on any atom is -0.493 e. The average Bonchev–Trinajstić information content (AvgIpc) is 3.25. The van der Waals surface area contributed by atoms with Crippen LogP contribution in [0.25, 0.3) is 10.2 Å². The number of carbonyl (C=O) groups excluding carboxylic acids is 1. The van der Waals surface area contributed by atoms with Crippen LogP contribution in [0.3, 0.4) is 0 Å². The molecule has 0 amide bonds. The molecule has 204 valence electrons. The summed E-state index contributed by atoms with van der Waals surface area (Å²) in [7, 11) is 2.85. The lowest BCUT2D eigenvalue weighted by molar-refractivity contribution is -0.156. The Morgan fingerprint density at radius 3 is 2.44 bits per heavy atom. The van der Waals surface area contributed by atoms with Gasteiger partial charge in [-0.25, -0.2) is 4.79 Å². The lowest BCUT2D eigenvalue weighted by Crippen LogP contribution is -2.39. The Kier molecular flexibility index (Phi) is 9.03. The number of methoxy groups -OCH3 is 1. The highest BCUT2D eigenvalue weighted by Crippen LogP contribution is 2.25. The van der Waals surface area contributed by atoms with E-state index in [0.717, 1.165) is 34.2 Å². The van der Waals surface area contributed by atoms with Crippen molar-refractivity contribution < 1.29 is 23.8 Å². The van der Waals surface area contributed by atoms with Crippen LogP contribution >= 0.6 is 11.3 Å². The van der Waals surface area contributed by atoms with Crippen molar-refractivity contribution in [2.45, 2.75) is 38.8 Å². The van der Waals surface area contributed by atoms with Crippen LogP contribution in [-0.4, -0.2) is 42.7 Å². The molecule has 0 saturated heterocycles. The van der Waals surface area contributed by atoms with Crippen LogP contribution in [0, 0.1) is 0 Å². The predicted molar refractivity (Wildman–Crippen MR) is 153 cm³/mol. The molecule has 0 radical (unpaired) electrons. The van der Waals surface area contributed by atoms with Gasteiger partial charge >= 0.3 is 10.8 Å². The molecule has 3 aromatic carbocycles. The molecule has 4 aromatic rings. The third-order valence-electron chi connectivity index (χ3n) is 6.07. The van der Waals surface area contributed by atoms with Gasteiger partial charge in [-0.15, -0.1) is 0 Å². The molecule has 39 heavy (non-hydrogen) atoms. The second-order valence-electron chi connectivity index (χ2n) is 9.32. The van der Waals surface area contributed by atoms with Crippen LogP contribution in [0.5, 0.6) is 11.5 Å². The van der Waals surface area contributed by atoms with Gasteiger partial charge in [0.15, 0.2) is 5.60 Å². The number of rotatable bonds is 12. The monoisotopic (exact) mass is 548 g/mol. The van der Waals surface area contributed by atoms with E-state index in [1.165, 1.54) is 25.6 Å². The number of esters is 1. The van der Waals surface area contributed by atoms with Crippen molar-refractivity contribution in [3.05, 3.63) is 93.6 Å². The van der Waals surface area contributed by atoms with Gasteiger partial charge < -0.3 is 19.0 Å². The van der Waals surface area contributed by atoms with Crippen LogP contribution in [0.2, 0.25) is 0 Å². The molecule has 0 bridgehead atoms. The number of hydrogen-bond acceptors (Lipinski definition) is 8. The van der Waals surface area contributed by atoms with Crippen molar-refractivity contribution in [1.29, 1.82) is 0 Å². The van der Waals surface area contributed by atoms with E-state index in [4.69, 9.17) is 19.0 Å². The average molecular weight is 549 g/mol. The Hall–Kier alpha value is -4.11. The summed E-state index contributed by atoms with van der Waals surface area (Å²) >= 11 is 1.23. The number of benzene rings is 3. The van der Waals surface area contributed by atoms with Gasteiger partial charge in [0.1, 0.15) is 24.3 Å². The second-order valence-corrected chi connectivity index (χ2v) is 10.3. The van der Waals surface area contributed by atoms with E-state index >= 15 is 0 Å². The molecule has 0 unspecified atom stereocenters. The molecular weight excluding hydrogens is 516 g/mol. The summed E-state index contributed by atoms with van der Waals surface area (Å²) in [5.41, 5.74) is 2.34. The van der Waals surface area contributed by atoms with Crippen LogP contribution in [-0.2, 0) is 20.9 Å². The Morgan fingerprint density at radius 2 is 1.69 bits per heavy atom. The van der Waals surface area contributed by atoms with Gasteiger partial charge in [0.05, 0.1) is 23.9 Å². The topological polar surface area (TPSA) is 88.4 Å². The maximum atomic E-state index is 12.8. The summed E-state index contributed by atoms with van der Waals surface area (Å²) in [4.78, 5) is 29.8. The molecule has 0 aliphatic heterocycles. The number of hydrogen-bond donors (Lipinski definition) is 0. The Morgan fingerprint density at radius 1 is 0.923 bits per heavy atom. The van der Waals surface area contributed by atoms with Crippen molar-refractivity contribution in [3.63, 3.8) is 0 Å². The zero-order valence-electron chi connectivity index (χ0n) is 22.5. The van der Waals surface area contributed by atoms with E-state index in [9.17, 15) is 9.59 Å². The number of aryl methyl sites for hydroxylation is 1. The molecule has 0 N–H and O–H groups in total. The summed E-state index contributed by atoms with van der Waals surface area (Å²) in [6, 6.07) is 22.9. The Bertz CT molecular complexity index is 1510. The molecule has 0 atom stereocenters.